The van der Waals surface area contributed by atoms with E-state index < -0.39 is 5.67 Å². The number of nitrogens with zero attached hydrogens (tertiary/aromatic N) is 4. The standard InChI is InChI=1S/C23H36FN5O/c1-23(24)9-14-28(18-23)12-3-10-27-11-4-13-29(16-15-27)21-6-2-5-20(26-21)22(30)25-17-19-7-8-19/h2,5-6,19H,3-4,7-18H2,1H3,(H,25,30). The molecule has 1 aromatic heterocycles. The first-order chi connectivity index (χ1) is 14.5. The highest BCUT2D eigenvalue weighted by Crippen LogP contribution is 2.27. The minimum Gasteiger partial charge on any atom is -0.355 e. The van der Waals surface area contributed by atoms with Gasteiger partial charge in [0.25, 0.3) is 5.91 Å². The quantitative estimate of drug-likeness (QED) is 0.705. The third-order valence-corrected chi connectivity index (χ3v) is 6.58. The lowest BCUT2D eigenvalue weighted by Crippen LogP contribution is -2.34. The topological polar surface area (TPSA) is 51.7 Å². The highest BCUT2D eigenvalue weighted by Gasteiger charge is 2.33. The molecule has 0 radical (unpaired) electrons. The average molecular weight is 418 g/mol. The van der Waals surface area contributed by atoms with Gasteiger partial charge in [0, 0.05) is 39.3 Å². The van der Waals surface area contributed by atoms with E-state index in [0.717, 1.165) is 71.0 Å². The zero-order chi connectivity index (χ0) is 21.0. The molecule has 1 aromatic rings. The number of halogens is 1. The Balaban J connectivity index is 1.22. The Morgan fingerprint density at radius 1 is 1.17 bits per heavy atom. The van der Waals surface area contributed by atoms with Gasteiger partial charge < -0.3 is 20.0 Å². The van der Waals surface area contributed by atoms with Crippen molar-refractivity contribution >= 4 is 11.7 Å². The summed E-state index contributed by atoms with van der Waals surface area (Å²) >= 11 is 0. The molecule has 1 amide bonds. The number of hydrogen-bond acceptors (Lipinski definition) is 5. The van der Waals surface area contributed by atoms with Crippen LogP contribution in [0.25, 0.3) is 0 Å². The molecule has 0 aromatic carbocycles. The summed E-state index contributed by atoms with van der Waals surface area (Å²) in [6.45, 7) is 9.97. The average Bonchev–Trinajstić information content (AvgIpc) is 3.53. The molecule has 4 rings (SSSR count). The Bertz CT molecular complexity index is 723. The minimum absolute atomic E-state index is 0.0634. The third kappa shape index (κ3) is 6.14. The summed E-state index contributed by atoms with van der Waals surface area (Å²) in [5.41, 5.74) is -0.487. The summed E-state index contributed by atoms with van der Waals surface area (Å²) in [4.78, 5) is 24.1. The highest BCUT2D eigenvalue weighted by molar-refractivity contribution is 5.92. The van der Waals surface area contributed by atoms with Crippen LogP contribution in [0.1, 0.15) is 49.5 Å². The van der Waals surface area contributed by atoms with E-state index in [-0.39, 0.29) is 5.91 Å². The second-order valence-corrected chi connectivity index (χ2v) is 9.51. The molecule has 1 unspecified atom stereocenters. The zero-order valence-corrected chi connectivity index (χ0v) is 18.3. The number of anilines is 1. The molecule has 0 spiro atoms. The van der Waals surface area contributed by atoms with Crippen molar-refractivity contribution in [3.05, 3.63) is 23.9 Å². The van der Waals surface area contributed by atoms with Crippen LogP contribution in [0.15, 0.2) is 18.2 Å². The van der Waals surface area contributed by atoms with Crippen LogP contribution in [0.4, 0.5) is 10.2 Å². The number of alkyl halides is 1. The zero-order valence-electron chi connectivity index (χ0n) is 18.3. The summed E-state index contributed by atoms with van der Waals surface area (Å²) < 4.78 is 14.0. The van der Waals surface area contributed by atoms with E-state index in [4.69, 9.17) is 0 Å². The van der Waals surface area contributed by atoms with E-state index in [2.05, 4.69) is 25.0 Å². The Hall–Kier alpha value is -1.73. The third-order valence-electron chi connectivity index (χ3n) is 6.58. The molecule has 166 valence electrons. The van der Waals surface area contributed by atoms with E-state index in [1.165, 1.54) is 12.8 Å². The van der Waals surface area contributed by atoms with Crippen LogP contribution in [0.3, 0.4) is 0 Å². The predicted octanol–water partition coefficient (Wildman–Crippen LogP) is 2.56. The fourth-order valence-electron chi connectivity index (χ4n) is 4.52. The maximum Gasteiger partial charge on any atom is 0.269 e. The maximum absolute atomic E-state index is 14.0. The highest BCUT2D eigenvalue weighted by atomic mass is 19.1. The predicted molar refractivity (Wildman–Crippen MR) is 118 cm³/mol. The van der Waals surface area contributed by atoms with Gasteiger partial charge in [0.05, 0.1) is 0 Å². The normalized spacial score (nSPS) is 26.0. The lowest BCUT2D eigenvalue weighted by molar-refractivity contribution is 0.0947. The van der Waals surface area contributed by atoms with Gasteiger partial charge in [-0.25, -0.2) is 9.37 Å². The summed E-state index contributed by atoms with van der Waals surface area (Å²) in [5, 5.41) is 3.01. The molecular weight excluding hydrogens is 381 g/mol. The van der Waals surface area contributed by atoms with Crippen molar-refractivity contribution in [1.82, 2.24) is 20.1 Å². The maximum atomic E-state index is 14.0. The van der Waals surface area contributed by atoms with Gasteiger partial charge in [0.1, 0.15) is 17.2 Å². The van der Waals surface area contributed by atoms with Crippen LogP contribution < -0.4 is 10.2 Å². The van der Waals surface area contributed by atoms with Crippen LogP contribution in [0, 0.1) is 5.92 Å². The SMILES string of the molecule is CC1(F)CCN(CCCN2CCCN(c3cccc(C(=O)NCC4CC4)n3)CC2)C1. The van der Waals surface area contributed by atoms with Gasteiger partial charge in [-0.05, 0) is 76.7 Å². The summed E-state index contributed by atoms with van der Waals surface area (Å²) in [6.07, 6.45) is 5.30. The Morgan fingerprint density at radius 3 is 2.77 bits per heavy atom. The first-order valence-electron chi connectivity index (χ1n) is 11.6. The van der Waals surface area contributed by atoms with Gasteiger partial charge in [0.2, 0.25) is 0 Å². The Kier molecular flexibility index (Phi) is 6.88. The number of aromatic nitrogens is 1. The van der Waals surface area contributed by atoms with Crippen molar-refractivity contribution in [3.8, 4) is 0 Å². The molecule has 1 N–H and O–H groups in total. The van der Waals surface area contributed by atoms with Crippen LogP contribution in [0.5, 0.6) is 0 Å². The number of carbonyl (C=O) groups is 1. The van der Waals surface area contributed by atoms with Crippen molar-refractivity contribution in [3.63, 3.8) is 0 Å². The summed E-state index contributed by atoms with van der Waals surface area (Å²) in [6, 6.07) is 5.75. The molecule has 2 aliphatic heterocycles. The molecule has 6 nitrogen and oxygen atoms in total. The number of rotatable bonds is 8. The fraction of sp³-hybridized carbons (Fsp3) is 0.739. The van der Waals surface area contributed by atoms with Crippen LogP contribution in [-0.4, -0.2) is 85.3 Å². The lowest BCUT2D eigenvalue weighted by atomic mass is 10.1. The molecule has 1 saturated carbocycles. The number of amides is 1. The molecule has 7 heteroatoms. The van der Waals surface area contributed by atoms with Crippen LogP contribution in [0.2, 0.25) is 0 Å². The van der Waals surface area contributed by atoms with Gasteiger partial charge in [-0.15, -0.1) is 0 Å². The second kappa shape index (κ2) is 9.60. The summed E-state index contributed by atoms with van der Waals surface area (Å²) in [5.74, 6) is 1.50. The number of carbonyl (C=O) groups excluding carboxylic acids is 1. The molecule has 3 fully saturated rings. The number of pyridine rings is 1. The molecule has 30 heavy (non-hydrogen) atoms. The largest absolute Gasteiger partial charge is 0.355 e. The molecule has 2 saturated heterocycles. The van der Waals surface area contributed by atoms with E-state index in [0.29, 0.717) is 24.6 Å². The first-order valence-corrected chi connectivity index (χ1v) is 11.6. The van der Waals surface area contributed by atoms with Gasteiger partial charge in [-0.2, -0.15) is 0 Å². The van der Waals surface area contributed by atoms with Gasteiger partial charge in [0.15, 0.2) is 0 Å². The fourth-order valence-corrected chi connectivity index (χ4v) is 4.52. The van der Waals surface area contributed by atoms with Gasteiger partial charge in [-0.3, -0.25) is 4.79 Å². The molecule has 3 heterocycles. The Labute approximate surface area is 179 Å². The smallest absolute Gasteiger partial charge is 0.269 e. The number of hydrogen-bond donors (Lipinski definition) is 1. The molecule has 3 aliphatic rings. The van der Waals surface area contributed by atoms with E-state index in [1.54, 1.807) is 13.0 Å². The van der Waals surface area contributed by atoms with Crippen molar-refractivity contribution in [2.75, 3.05) is 63.8 Å². The molecule has 1 aliphatic carbocycles. The van der Waals surface area contributed by atoms with Crippen molar-refractivity contribution in [2.45, 2.75) is 44.7 Å². The van der Waals surface area contributed by atoms with E-state index in [1.807, 2.05) is 12.1 Å². The van der Waals surface area contributed by atoms with E-state index in [9.17, 15) is 9.18 Å². The Morgan fingerprint density at radius 2 is 2.00 bits per heavy atom. The number of likely N-dealkylation sites (tertiary alicyclic amines) is 1. The molecule has 0 bridgehead atoms. The van der Waals surface area contributed by atoms with Gasteiger partial charge in [-0.1, -0.05) is 6.07 Å². The first kappa shape index (κ1) is 21.5. The number of nitrogens with one attached hydrogen (secondary N) is 1. The minimum atomic E-state index is -1.00. The summed E-state index contributed by atoms with van der Waals surface area (Å²) in [7, 11) is 0. The van der Waals surface area contributed by atoms with Crippen LogP contribution >= 0.6 is 0 Å². The molecule has 1 atom stereocenters. The van der Waals surface area contributed by atoms with Crippen molar-refractivity contribution in [1.29, 1.82) is 0 Å². The second-order valence-electron chi connectivity index (χ2n) is 9.51. The lowest BCUT2D eigenvalue weighted by Gasteiger charge is -2.24. The van der Waals surface area contributed by atoms with Gasteiger partial charge >= 0.3 is 0 Å². The van der Waals surface area contributed by atoms with Crippen molar-refractivity contribution < 1.29 is 9.18 Å². The van der Waals surface area contributed by atoms with Crippen molar-refractivity contribution in [2.24, 2.45) is 5.92 Å². The monoisotopic (exact) mass is 417 g/mol. The van der Waals surface area contributed by atoms with E-state index >= 15 is 0 Å². The molecular formula is C23H36FN5O. The van der Waals surface area contributed by atoms with Crippen LogP contribution in [-0.2, 0) is 0 Å².